The Balaban J connectivity index is 1.81. The molecule has 98 valence electrons. The molecular formula is C14H19NO3. The fraction of sp³-hybridized carbons (Fsp3) is 0.500. The second kappa shape index (κ2) is 5.40. The maximum atomic E-state index is 11.8. The number of ether oxygens (including phenoxy) is 1. The number of carbonyl (C=O) groups excluding carboxylic acids is 1. The summed E-state index contributed by atoms with van der Waals surface area (Å²) in [5, 5.41) is 12.0. The Morgan fingerprint density at radius 1 is 1.39 bits per heavy atom. The molecule has 2 N–H and O–H groups in total. The molecule has 0 saturated heterocycles. The molecule has 2 rings (SSSR count). The minimum absolute atomic E-state index is 0.0940. The normalized spacial score (nSPS) is 23.9. The Morgan fingerprint density at radius 3 is 2.56 bits per heavy atom. The fourth-order valence-electron chi connectivity index (χ4n) is 1.90. The van der Waals surface area contributed by atoms with E-state index >= 15 is 0 Å². The maximum absolute atomic E-state index is 11.8. The number of nitrogens with one attached hydrogen (secondary N) is 1. The van der Waals surface area contributed by atoms with Crippen molar-refractivity contribution < 1.29 is 14.6 Å². The number of hydrogen-bond donors (Lipinski definition) is 2. The van der Waals surface area contributed by atoms with Gasteiger partial charge in [0.1, 0.15) is 5.75 Å². The van der Waals surface area contributed by atoms with Gasteiger partial charge in [0, 0.05) is 6.04 Å². The topological polar surface area (TPSA) is 58.6 Å². The van der Waals surface area contributed by atoms with Crippen LogP contribution in [0.2, 0.25) is 0 Å². The molecule has 0 aromatic heterocycles. The third-order valence-corrected chi connectivity index (χ3v) is 3.16. The molecule has 18 heavy (non-hydrogen) atoms. The van der Waals surface area contributed by atoms with E-state index in [0.29, 0.717) is 18.6 Å². The highest BCUT2D eigenvalue weighted by Crippen LogP contribution is 2.20. The summed E-state index contributed by atoms with van der Waals surface area (Å²) in [4.78, 5) is 11.8. The first-order valence-corrected chi connectivity index (χ1v) is 6.26. The van der Waals surface area contributed by atoms with E-state index < -0.39 is 6.10 Å². The van der Waals surface area contributed by atoms with E-state index in [2.05, 4.69) is 5.32 Å². The quantitative estimate of drug-likeness (QED) is 0.848. The van der Waals surface area contributed by atoms with Crippen LogP contribution in [0.4, 0.5) is 0 Å². The lowest BCUT2D eigenvalue weighted by Gasteiger charge is -2.32. The summed E-state index contributed by atoms with van der Waals surface area (Å²) in [6.45, 7) is 3.73. The van der Waals surface area contributed by atoms with Gasteiger partial charge in [-0.05, 0) is 38.8 Å². The van der Waals surface area contributed by atoms with Crippen LogP contribution in [0, 0.1) is 6.92 Å². The van der Waals surface area contributed by atoms with Crippen LogP contribution in [0.3, 0.4) is 0 Å². The van der Waals surface area contributed by atoms with Gasteiger partial charge in [0.05, 0.1) is 6.10 Å². The van der Waals surface area contributed by atoms with Crippen LogP contribution in [0.15, 0.2) is 24.3 Å². The van der Waals surface area contributed by atoms with Crippen molar-refractivity contribution >= 4 is 5.91 Å². The predicted molar refractivity (Wildman–Crippen MR) is 68.4 cm³/mol. The van der Waals surface area contributed by atoms with E-state index in [1.807, 2.05) is 31.2 Å². The Labute approximate surface area is 107 Å². The van der Waals surface area contributed by atoms with Crippen molar-refractivity contribution in [2.24, 2.45) is 0 Å². The zero-order valence-electron chi connectivity index (χ0n) is 10.7. The standard InChI is InChI=1S/C14H19NO3/c1-9-3-5-13(6-4-9)18-10(2)14(17)15-11-7-12(16)8-11/h3-6,10-12,16H,7-8H2,1-2H3,(H,15,17). The molecule has 1 unspecified atom stereocenters. The number of rotatable bonds is 4. The van der Waals surface area contributed by atoms with Crippen LogP contribution in [0.5, 0.6) is 5.75 Å². The molecule has 0 radical (unpaired) electrons. The maximum Gasteiger partial charge on any atom is 0.260 e. The molecule has 1 atom stereocenters. The van der Waals surface area contributed by atoms with E-state index in [9.17, 15) is 4.79 Å². The van der Waals surface area contributed by atoms with Crippen molar-refractivity contribution in [1.29, 1.82) is 0 Å². The highest BCUT2D eigenvalue weighted by Gasteiger charge is 2.29. The second-order valence-electron chi connectivity index (χ2n) is 4.90. The van der Waals surface area contributed by atoms with Crippen molar-refractivity contribution in [3.8, 4) is 5.75 Å². The molecule has 4 heteroatoms. The molecule has 0 aliphatic heterocycles. The number of carbonyl (C=O) groups is 1. The number of aliphatic hydroxyl groups excluding tert-OH is 1. The van der Waals surface area contributed by atoms with E-state index in [1.54, 1.807) is 6.92 Å². The van der Waals surface area contributed by atoms with Crippen LogP contribution in [0.25, 0.3) is 0 Å². The number of benzene rings is 1. The van der Waals surface area contributed by atoms with Gasteiger partial charge in [-0.3, -0.25) is 4.79 Å². The highest BCUT2D eigenvalue weighted by molar-refractivity contribution is 5.81. The van der Waals surface area contributed by atoms with Crippen LogP contribution < -0.4 is 10.1 Å². The number of hydrogen-bond acceptors (Lipinski definition) is 3. The van der Waals surface area contributed by atoms with Gasteiger partial charge in [-0.25, -0.2) is 0 Å². The van der Waals surface area contributed by atoms with E-state index in [0.717, 1.165) is 5.56 Å². The Bertz CT molecular complexity index is 410. The molecule has 1 aliphatic carbocycles. The summed E-state index contributed by atoms with van der Waals surface area (Å²) in [5.41, 5.74) is 1.16. The summed E-state index contributed by atoms with van der Waals surface area (Å²) >= 11 is 0. The summed E-state index contributed by atoms with van der Waals surface area (Å²) < 4.78 is 5.55. The smallest absolute Gasteiger partial charge is 0.260 e. The van der Waals surface area contributed by atoms with Crippen molar-refractivity contribution in [1.82, 2.24) is 5.32 Å². The molecule has 1 aliphatic rings. The first kappa shape index (κ1) is 12.9. The molecule has 4 nitrogen and oxygen atoms in total. The molecule has 1 aromatic carbocycles. The average molecular weight is 249 g/mol. The molecule has 1 amide bonds. The number of amides is 1. The van der Waals surface area contributed by atoms with Crippen LogP contribution in [-0.2, 0) is 4.79 Å². The highest BCUT2D eigenvalue weighted by atomic mass is 16.5. The number of aliphatic hydroxyl groups is 1. The molecule has 1 fully saturated rings. The monoisotopic (exact) mass is 249 g/mol. The van der Waals surface area contributed by atoms with Crippen LogP contribution in [0.1, 0.15) is 25.3 Å². The van der Waals surface area contributed by atoms with E-state index in [-0.39, 0.29) is 18.1 Å². The first-order valence-electron chi connectivity index (χ1n) is 6.26. The first-order chi connectivity index (χ1) is 8.54. The lowest BCUT2D eigenvalue weighted by atomic mass is 9.89. The van der Waals surface area contributed by atoms with E-state index in [1.165, 1.54) is 0 Å². The SMILES string of the molecule is Cc1ccc(OC(C)C(=O)NC2CC(O)C2)cc1. The van der Waals surface area contributed by atoms with Gasteiger partial charge in [-0.15, -0.1) is 0 Å². The van der Waals surface area contributed by atoms with E-state index in [4.69, 9.17) is 9.84 Å². The lowest BCUT2D eigenvalue weighted by Crippen LogP contribution is -2.50. The molecule has 0 bridgehead atoms. The van der Waals surface area contributed by atoms with Gasteiger partial charge in [0.15, 0.2) is 6.10 Å². The Hall–Kier alpha value is -1.55. The van der Waals surface area contributed by atoms with Gasteiger partial charge < -0.3 is 15.2 Å². The predicted octanol–water partition coefficient (Wildman–Crippen LogP) is 1.40. The third-order valence-electron chi connectivity index (χ3n) is 3.16. The van der Waals surface area contributed by atoms with Gasteiger partial charge in [0.25, 0.3) is 5.91 Å². The van der Waals surface area contributed by atoms with Gasteiger partial charge in [0.2, 0.25) is 0 Å². The zero-order valence-corrected chi connectivity index (χ0v) is 10.7. The molecule has 1 aromatic rings. The molecular weight excluding hydrogens is 230 g/mol. The Kier molecular flexibility index (Phi) is 3.87. The fourth-order valence-corrected chi connectivity index (χ4v) is 1.90. The second-order valence-corrected chi connectivity index (χ2v) is 4.90. The zero-order chi connectivity index (χ0) is 13.1. The number of aryl methyl sites for hydroxylation is 1. The van der Waals surface area contributed by atoms with Crippen LogP contribution in [-0.4, -0.2) is 29.3 Å². The van der Waals surface area contributed by atoms with Gasteiger partial charge >= 0.3 is 0 Å². The minimum atomic E-state index is -0.523. The van der Waals surface area contributed by atoms with Gasteiger partial charge in [-0.2, -0.15) is 0 Å². The Morgan fingerprint density at radius 2 is 2.00 bits per heavy atom. The van der Waals surface area contributed by atoms with Crippen molar-refractivity contribution in [3.63, 3.8) is 0 Å². The van der Waals surface area contributed by atoms with Crippen molar-refractivity contribution in [2.75, 3.05) is 0 Å². The van der Waals surface area contributed by atoms with Crippen LogP contribution >= 0.6 is 0 Å². The molecule has 0 spiro atoms. The summed E-state index contributed by atoms with van der Waals surface area (Å²) in [6.07, 6.45) is 0.500. The summed E-state index contributed by atoms with van der Waals surface area (Å²) in [5.74, 6) is 0.560. The minimum Gasteiger partial charge on any atom is -0.481 e. The average Bonchev–Trinajstić information content (AvgIpc) is 2.30. The lowest BCUT2D eigenvalue weighted by molar-refractivity contribution is -0.129. The molecule has 1 saturated carbocycles. The van der Waals surface area contributed by atoms with Crippen molar-refractivity contribution in [3.05, 3.63) is 29.8 Å². The summed E-state index contributed by atoms with van der Waals surface area (Å²) in [6, 6.07) is 7.69. The van der Waals surface area contributed by atoms with Gasteiger partial charge in [-0.1, -0.05) is 17.7 Å². The third kappa shape index (κ3) is 3.23. The summed E-state index contributed by atoms with van der Waals surface area (Å²) in [7, 11) is 0. The molecule has 0 heterocycles. The van der Waals surface area contributed by atoms with Crippen molar-refractivity contribution in [2.45, 2.75) is 44.9 Å². The largest absolute Gasteiger partial charge is 0.481 e.